The number of aliphatic hydroxyl groups is 1. The van der Waals surface area contributed by atoms with Gasteiger partial charge < -0.3 is 24.4 Å². The minimum absolute atomic E-state index is 0.0656. The molecule has 11 heteroatoms. The van der Waals surface area contributed by atoms with Gasteiger partial charge in [-0.05, 0) is 61.4 Å². The molecule has 44 heavy (non-hydrogen) atoms. The molecule has 2 aromatic heterocycles. The van der Waals surface area contributed by atoms with Crippen LogP contribution in [-0.2, 0) is 19.7 Å². The molecule has 0 saturated heterocycles. The molecule has 1 atom stereocenters. The van der Waals surface area contributed by atoms with E-state index in [-0.39, 0.29) is 35.6 Å². The highest BCUT2D eigenvalue weighted by molar-refractivity contribution is 5.92. The number of benzene rings is 2. The number of nitriles is 2. The van der Waals surface area contributed by atoms with E-state index in [1.165, 1.54) is 18.2 Å². The van der Waals surface area contributed by atoms with Crippen LogP contribution >= 0.6 is 0 Å². The van der Waals surface area contributed by atoms with E-state index in [0.29, 0.717) is 46.7 Å². The first-order valence-corrected chi connectivity index (χ1v) is 14.0. The lowest BCUT2D eigenvalue weighted by Crippen LogP contribution is -2.32. The van der Waals surface area contributed by atoms with E-state index >= 15 is 0 Å². The van der Waals surface area contributed by atoms with E-state index in [4.69, 9.17) is 15.0 Å². The van der Waals surface area contributed by atoms with E-state index in [2.05, 4.69) is 11.1 Å². The Bertz CT molecular complexity index is 1910. The number of carboxylic acids is 1. The highest BCUT2D eigenvalue weighted by atomic mass is 19.1. The fourth-order valence-electron chi connectivity index (χ4n) is 5.27. The third kappa shape index (κ3) is 5.87. The summed E-state index contributed by atoms with van der Waals surface area (Å²) in [6.07, 6.45) is 6.43. The predicted octanol–water partition coefficient (Wildman–Crippen LogP) is 5.14. The van der Waals surface area contributed by atoms with Crippen LogP contribution < -0.4 is 4.74 Å². The van der Waals surface area contributed by atoms with Gasteiger partial charge in [-0.25, -0.2) is 19.2 Å². The van der Waals surface area contributed by atoms with Crippen LogP contribution in [0.4, 0.5) is 4.39 Å². The first-order valence-electron chi connectivity index (χ1n) is 14.0. The highest BCUT2D eigenvalue weighted by Crippen LogP contribution is 2.50. The summed E-state index contributed by atoms with van der Waals surface area (Å²) in [5, 5.41) is 38.9. The summed E-state index contributed by atoms with van der Waals surface area (Å²) in [5.74, 6) is -0.639. The maximum Gasteiger partial charge on any atom is 0.335 e. The molecule has 220 valence electrons. The van der Waals surface area contributed by atoms with E-state index in [9.17, 15) is 24.7 Å². The number of hydrogen-bond donors (Lipinski definition) is 2. The third-order valence-corrected chi connectivity index (χ3v) is 7.99. The van der Waals surface area contributed by atoms with Crippen molar-refractivity contribution < 1.29 is 24.1 Å². The van der Waals surface area contributed by atoms with Crippen molar-refractivity contribution in [3.05, 3.63) is 107 Å². The summed E-state index contributed by atoms with van der Waals surface area (Å²) in [6, 6.07) is 18.3. The van der Waals surface area contributed by atoms with Crippen molar-refractivity contribution in [3.63, 3.8) is 0 Å². The Labute approximate surface area is 252 Å². The topological polar surface area (TPSA) is 148 Å². The Morgan fingerprint density at radius 3 is 2.68 bits per heavy atom. The zero-order valence-corrected chi connectivity index (χ0v) is 23.5. The SMILES string of the molecule is N#CCC1(Cn2c(CN3C=CC(c4cccc(OCc5ccc(C#N)cc5F)n4)=CC3O)nc3ccc(C(=O)O)cc32)CC1. The zero-order valence-electron chi connectivity index (χ0n) is 23.5. The maximum atomic E-state index is 14.3. The van der Waals surface area contributed by atoms with Crippen molar-refractivity contribution in [1.82, 2.24) is 19.4 Å². The average molecular weight is 591 g/mol. The van der Waals surface area contributed by atoms with Gasteiger partial charge in [-0.15, -0.1) is 0 Å². The van der Waals surface area contributed by atoms with Gasteiger partial charge in [0, 0.05) is 41.8 Å². The first-order chi connectivity index (χ1) is 21.3. The van der Waals surface area contributed by atoms with Crippen LogP contribution in [0.15, 0.2) is 72.9 Å². The smallest absolute Gasteiger partial charge is 0.335 e. The molecule has 2 aromatic carbocycles. The standard InChI is InChI=1S/C33H27FN6O4/c34-25-14-21(17-36)4-5-24(25)19-44-30-3-1-2-26(38-30)22-8-13-39(31(41)16-22)18-29-37-27-7-6-23(32(42)43)15-28(27)40(29)20-33(9-10-33)11-12-35/h1-8,13-16,31,41H,9-11,18-20H2,(H,42,43). The summed E-state index contributed by atoms with van der Waals surface area (Å²) >= 11 is 0. The van der Waals surface area contributed by atoms with Crippen molar-refractivity contribution in [2.24, 2.45) is 5.41 Å². The van der Waals surface area contributed by atoms with Gasteiger partial charge >= 0.3 is 5.97 Å². The molecule has 0 bridgehead atoms. The molecule has 1 aliphatic heterocycles. The van der Waals surface area contributed by atoms with Crippen molar-refractivity contribution in [3.8, 4) is 18.0 Å². The van der Waals surface area contributed by atoms with Crippen LogP contribution in [0.2, 0.25) is 0 Å². The minimum atomic E-state index is -1.03. The van der Waals surface area contributed by atoms with Crippen molar-refractivity contribution in [2.75, 3.05) is 0 Å². The fraction of sp³-hybridized carbons (Fsp3) is 0.242. The molecule has 2 N–H and O–H groups in total. The molecule has 3 heterocycles. The Kier molecular flexibility index (Phi) is 7.56. The van der Waals surface area contributed by atoms with Gasteiger partial charge in [-0.3, -0.25) is 0 Å². The number of carboxylic acid groups (broad SMARTS) is 1. The first kappa shape index (κ1) is 28.6. The molecule has 10 nitrogen and oxygen atoms in total. The van der Waals surface area contributed by atoms with Gasteiger partial charge in [-0.2, -0.15) is 10.5 Å². The number of hydrogen-bond acceptors (Lipinski definition) is 8. The van der Waals surface area contributed by atoms with Crippen molar-refractivity contribution >= 4 is 22.6 Å². The van der Waals surface area contributed by atoms with Crippen LogP contribution in [0.5, 0.6) is 5.88 Å². The van der Waals surface area contributed by atoms with Gasteiger partial charge in [-0.1, -0.05) is 12.1 Å². The lowest BCUT2D eigenvalue weighted by molar-refractivity contribution is 0.0695. The average Bonchev–Trinajstić information content (AvgIpc) is 3.70. The third-order valence-electron chi connectivity index (χ3n) is 7.99. The summed E-state index contributed by atoms with van der Waals surface area (Å²) in [7, 11) is 0. The number of rotatable bonds is 10. The minimum Gasteiger partial charge on any atom is -0.478 e. The molecule has 0 radical (unpaired) electrons. The monoisotopic (exact) mass is 590 g/mol. The zero-order chi connectivity index (χ0) is 30.8. The maximum absolute atomic E-state index is 14.3. The van der Waals surface area contributed by atoms with E-state index in [1.807, 2.05) is 16.7 Å². The van der Waals surface area contributed by atoms with Gasteiger partial charge in [0.2, 0.25) is 5.88 Å². The normalized spacial score (nSPS) is 16.7. The largest absolute Gasteiger partial charge is 0.478 e. The molecule has 4 aromatic rings. The molecule has 6 rings (SSSR count). The van der Waals surface area contributed by atoms with E-state index in [0.717, 1.165) is 18.9 Å². The van der Waals surface area contributed by atoms with Gasteiger partial charge in [0.25, 0.3) is 0 Å². The number of aliphatic hydroxyl groups excluding tert-OH is 1. The van der Waals surface area contributed by atoms with E-state index < -0.39 is 18.0 Å². The Balaban J connectivity index is 1.20. The Hall–Kier alpha value is -5.52. The number of halogens is 1. The number of imidazole rings is 1. The number of carbonyl (C=O) groups is 1. The predicted molar refractivity (Wildman–Crippen MR) is 157 cm³/mol. The second kappa shape index (κ2) is 11.6. The lowest BCUT2D eigenvalue weighted by atomic mass is 10.0. The Morgan fingerprint density at radius 2 is 1.98 bits per heavy atom. The summed E-state index contributed by atoms with van der Waals surface area (Å²) < 4.78 is 21.9. The molecule has 0 spiro atoms. The van der Waals surface area contributed by atoms with Gasteiger partial charge in [0.15, 0.2) is 0 Å². The number of fused-ring (bicyclic) bond motifs is 1. The molecule has 1 unspecified atom stereocenters. The molecule has 1 fully saturated rings. The second-order valence-corrected chi connectivity index (χ2v) is 11.0. The molecule has 0 amide bonds. The number of pyridine rings is 1. The Morgan fingerprint density at radius 1 is 1.14 bits per heavy atom. The number of nitrogens with zero attached hydrogens (tertiary/aromatic N) is 6. The van der Waals surface area contributed by atoms with Crippen LogP contribution in [0, 0.1) is 33.9 Å². The second-order valence-electron chi connectivity index (χ2n) is 11.0. The van der Waals surface area contributed by atoms with Gasteiger partial charge in [0.05, 0.1) is 46.5 Å². The summed E-state index contributed by atoms with van der Waals surface area (Å²) in [4.78, 5) is 22.6. The van der Waals surface area contributed by atoms with Crippen LogP contribution in [-0.4, -0.2) is 41.8 Å². The summed E-state index contributed by atoms with van der Waals surface area (Å²) in [6.45, 7) is 0.713. The molecular formula is C33H27FN6O4. The number of aromatic carboxylic acids is 1. The van der Waals surface area contributed by atoms with Crippen LogP contribution in [0.1, 0.15) is 52.3 Å². The van der Waals surface area contributed by atoms with Crippen LogP contribution in [0.25, 0.3) is 16.6 Å². The fourth-order valence-corrected chi connectivity index (χ4v) is 5.27. The molecule has 1 saturated carbocycles. The number of allylic oxidation sites excluding steroid dienone is 2. The number of aromatic nitrogens is 3. The number of ether oxygens (including phenoxy) is 1. The quantitative estimate of drug-likeness (QED) is 0.256. The highest BCUT2D eigenvalue weighted by Gasteiger charge is 2.43. The van der Waals surface area contributed by atoms with Crippen molar-refractivity contribution in [1.29, 1.82) is 10.5 Å². The molecular weight excluding hydrogens is 563 g/mol. The lowest BCUT2D eigenvalue weighted by Gasteiger charge is -2.28. The summed E-state index contributed by atoms with van der Waals surface area (Å²) in [5.41, 5.74) is 3.05. The molecule has 1 aliphatic carbocycles. The van der Waals surface area contributed by atoms with Crippen LogP contribution in [0.3, 0.4) is 0 Å². The van der Waals surface area contributed by atoms with Gasteiger partial charge in [0.1, 0.15) is 24.5 Å². The van der Waals surface area contributed by atoms with Crippen molar-refractivity contribution in [2.45, 2.75) is 45.2 Å². The molecule has 2 aliphatic rings. The van der Waals surface area contributed by atoms with E-state index in [1.54, 1.807) is 47.5 Å².